The Balaban J connectivity index is 2.61. The van der Waals surface area contributed by atoms with Crippen molar-refractivity contribution in [3.05, 3.63) is 35.4 Å². The van der Waals surface area contributed by atoms with E-state index in [9.17, 15) is 13.9 Å². The average Bonchev–Trinajstić information content (AvgIpc) is 2.67. The normalized spacial score (nSPS) is 13.4. The minimum atomic E-state index is -0.785. The first-order valence-electron chi connectivity index (χ1n) is 11.9. The predicted octanol–water partition coefficient (Wildman–Crippen LogP) is 8.09. The first-order chi connectivity index (χ1) is 13.7. The maximum atomic E-state index is 13.4. The Bertz CT molecular complexity index is 560. The molecular formula is C26H44F2O. The van der Waals surface area contributed by atoms with Crippen molar-refractivity contribution in [2.24, 2.45) is 17.8 Å². The van der Waals surface area contributed by atoms with Crippen molar-refractivity contribution in [2.75, 3.05) is 0 Å². The van der Waals surface area contributed by atoms with E-state index in [1.165, 1.54) is 50.7 Å². The number of halogens is 2. The van der Waals surface area contributed by atoms with Gasteiger partial charge in [0.15, 0.2) is 11.6 Å². The van der Waals surface area contributed by atoms with Gasteiger partial charge in [0, 0.05) is 0 Å². The van der Waals surface area contributed by atoms with E-state index in [2.05, 4.69) is 34.6 Å². The van der Waals surface area contributed by atoms with Crippen LogP contribution in [0, 0.1) is 29.4 Å². The summed E-state index contributed by atoms with van der Waals surface area (Å²) in [5.41, 5.74) is 0.199. The van der Waals surface area contributed by atoms with Gasteiger partial charge in [-0.3, -0.25) is 0 Å². The van der Waals surface area contributed by atoms with Gasteiger partial charge in [0.05, 0.1) is 5.60 Å². The highest BCUT2D eigenvalue weighted by atomic mass is 19.2. The Morgan fingerprint density at radius 1 is 0.793 bits per heavy atom. The lowest BCUT2D eigenvalue weighted by Crippen LogP contribution is -2.47. The van der Waals surface area contributed by atoms with Crippen LogP contribution in [0.25, 0.3) is 0 Å². The molecule has 0 heterocycles. The standard InChI is InChI=1S/C26H44F2O/c1-6-7-8-9-10-11-15-23(26(29,20(2)3)21(4)5)16-13-12-14-22-17-18-24(27)25(28)19-22/h17-21,23,29H,6-16H2,1-5H3. The van der Waals surface area contributed by atoms with Crippen molar-refractivity contribution in [2.45, 2.75) is 111 Å². The minimum absolute atomic E-state index is 0.221. The fourth-order valence-corrected chi connectivity index (χ4v) is 4.80. The predicted molar refractivity (Wildman–Crippen MR) is 120 cm³/mol. The number of aliphatic hydroxyl groups is 1. The van der Waals surface area contributed by atoms with E-state index in [0.29, 0.717) is 5.92 Å². The topological polar surface area (TPSA) is 20.2 Å². The van der Waals surface area contributed by atoms with Gasteiger partial charge < -0.3 is 5.11 Å². The molecule has 0 amide bonds. The lowest BCUT2D eigenvalue weighted by atomic mass is 9.68. The van der Waals surface area contributed by atoms with Crippen LogP contribution in [-0.2, 0) is 6.42 Å². The zero-order valence-corrected chi connectivity index (χ0v) is 19.4. The summed E-state index contributed by atoms with van der Waals surface area (Å²) in [6.07, 6.45) is 12.4. The van der Waals surface area contributed by atoms with Crippen LogP contribution in [0.2, 0.25) is 0 Å². The third kappa shape index (κ3) is 8.36. The van der Waals surface area contributed by atoms with Gasteiger partial charge in [-0.2, -0.15) is 0 Å². The zero-order chi connectivity index (χ0) is 21.9. The molecule has 0 saturated heterocycles. The van der Waals surface area contributed by atoms with E-state index in [4.69, 9.17) is 0 Å². The molecule has 1 unspecified atom stereocenters. The number of unbranched alkanes of at least 4 members (excludes halogenated alkanes) is 6. The van der Waals surface area contributed by atoms with Crippen molar-refractivity contribution in [3.8, 4) is 0 Å². The lowest BCUT2D eigenvalue weighted by Gasteiger charge is -2.43. The average molecular weight is 411 g/mol. The third-order valence-corrected chi connectivity index (χ3v) is 6.66. The molecule has 1 rings (SSSR count). The SMILES string of the molecule is CCCCCCCCC(CCCCc1ccc(F)c(F)c1)C(O)(C(C)C)C(C)C. The minimum Gasteiger partial charge on any atom is -0.389 e. The van der Waals surface area contributed by atoms with Gasteiger partial charge in [0.25, 0.3) is 0 Å². The van der Waals surface area contributed by atoms with Gasteiger partial charge >= 0.3 is 0 Å². The first kappa shape index (κ1) is 26.1. The van der Waals surface area contributed by atoms with Crippen molar-refractivity contribution in [1.29, 1.82) is 0 Å². The van der Waals surface area contributed by atoms with E-state index in [1.807, 2.05) is 0 Å². The Hall–Kier alpha value is -0.960. The van der Waals surface area contributed by atoms with Crippen LogP contribution < -0.4 is 0 Å². The maximum Gasteiger partial charge on any atom is 0.159 e. The van der Waals surface area contributed by atoms with Gasteiger partial charge in [-0.1, -0.05) is 85.6 Å². The molecular weight excluding hydrogens is 366 g/mol. The van der Waals surface area contributed by atoms with E-state index in [0.717, 1.165) is 37.7 Å². The molecule has 0 saturated carbocycles. The van der Waals surface area contributed by atoms with Crippen LogP contribution in [0.5, 0.6) is 0 Å². The molecule has 0 radical (unpaired) electrons. The first-order valence-corrected chi connectivity index (χ1v) is 11.9. The van der Waals surface area contributed by atoms with Crippen molar-refractivity contribution in [3.63, 3.8) is 0 Å². The second kappa shape index (κ2) is 13.4. The smallest absolute Gasteiger partial charge is 0.159 e. The summed E-state index contributed by atoms with van der Waals surface area (Å²) in [6, 6.07) is 4.19. The Labute approximate surface area is 178 Å². The zero-order valence-electron chi connectivity index (χ0n) is 19.4. The molecule has 1 aromatic rings. The Morgan fingerprint density at radius 2 is 1.34 bits per heavy atom. The van der Waals surface area contributed by atoms with Crippen LogP contribution >= 0.6 is 0 Å². The number of hydrogen-bond donors (Lipinski definition) is 1. The van der Waals surface area contributed by atoms with E-state index >= 15 is 0 Å². The molecule has 0 fully saturated rings. The highest BCUT2D eigenvalue weighted by Gasteiger charge is 2.41. The van der Waals surface area contributed by atoms with Crippen molar-refractivity contribution < 1.29 is 13.9 Å². The van der Waals surface area contributed by atoms with Gasteiger partial charge in [0.1, 0.15) is 0 Å². The van der Waals surface area contributed by atoms with Crippen LogP contribution in [0.15, 0.2) is 18.2 Å². The molecule has 0 aromatic heterocycles. The van der Waals surface area contributed by atoms with Crippen molar-refractivity contribution in [1.82, 2.24) is 0 Å². The van der Waals surface area contributed by atoms with Gasteiger partial charge in [-0.15, -0.1) is 0 Å². The molecule has 3 heteroatoms. The Kier molecular flexibility index (Phi) is 12.0. The van der Waals surface area contributed by atoms with Crippen LogP contribution in [-0.4, -0.2) is 10.7 Å². The summed E-state index contributed by atoms with van der Waals surface area (Å²) < 4.78 is 26.5. The highest BCUT2D eigenvalue weighted by molar-refractivity contribution is 5.17. The molecule has 0 aliphatic heterocycles. The number of aryl methyl sites for hydroxylation is 1. The summed E-state index contributed by atoms with van der Waals surface area (Å²) in [6.45, 7) is 10.8. The fraction of sp³-hybridized carbons (Fsp3) is 0.769. The molecule has 0 bridgehead atoms. The molecule has 1 N–H and O–H groups in total. The third-order valence-electron chi connectivity index (χ3n) is 6.66. The van der Waals surface area contributed by atoms with Crippen LogP contribution in [0.3, 0.4) is 0 Å². The van der Waals surface area contributed by atoms with Crippen LogP contribution in [0.1, 0.15) is 104 Å². The Morgan fingerprint density at radius 3 is 1.90 bits per heavy atom. The van der Waals surface area contributed by atoms with Gasteiger partial charge in [-0.25, -0.2) is 8.78 Å². The molecule has 168 valence electrons. The van der Waals surface area contributed by atoms with Crippen LogP contribution in [0.4, 0.5) is 8.78 Å². The van der Waals surface area contributed by atoms with E-state index in [1.54, 1.807) is 6.07 Å². The lowest BCUT2D eigenvalue weighted by molar-refractivity contribution is -0.102. The summed E-state index contributed by atoms with van der Waals surface area (Å²) in [5, 5.41) is 11.6. The maximum absolute atomic E-state index is 13.4. The monoisotopic (exact) mass is 410 g/mol. The number of benzene rings is 1. The molecule has 1 aromatic carbocycles. The highest BCUT2D eigenvalue weighted by Crippen LogP contribution is 2.39. The molecule has 29 heavy (non-hydrogen) atoms. The van der Waals surface area contributed by atoms with E-state index in [-0.39, 0.29) is 11.8 Å². The van der Waals surface area contributed by atoms with Gasteiger partial charge in [-0.05, 0) is 61.1 Å². The quantitative estimate of drug-likeness (QED) is 0.290. The number of rotatable bonds is 15. The fourth-order valence-electron chi connectivity index (χ4n) is 4.80. The molecule has 0 spiro atoms. The molecule has 0 aliphatic carbocycles. The summed E-state index contributed by atoms with van der Waals surface area (Å²) in [5.74, 6) is -0.819. The number of hydrogen-bond acceptors (Lipinski definition) is 1. The second-order valence-corrected chi connectivity index (χ2v) is 9.44. The van der Waals surface area contributed by atoms with E-state index < -0.39 is 17.2 Å². The van der Waals surface area contributed by atoms with Crippen molar-refractivity contribution >= 4 is 0 Å². The summed E-state index contributed by atoms with van der Waals surface area (Å²) in [4.78, 5) is 0. The molecule has 0 aliphatic rings. The second-order valence-electron chi connectivity index (χ2n) is 9.44. The molecule has 1 atom stereocenters. The molecule has 1 nitrogen and oxygen atoms in total. The van der Waals surface area contributed by atoms with Gasteiger partial charge in [0.2, 0.25) is 0 Å². The largest absolute Gasteiger partial charge is 0.389 e. The summed E-state index contributed by atoms with van der Waals surface area (Å²) >= 11 is 0. The summed E-state index contributed by atoms with van der Waals surface area (Å²) in [7, 11) is 0.